The number of benzene rings is 1. The average Bonchev–Trinajstić information content (AvgIpc) is 2.91. The zero-order chi connectivity index (χ0) is 17.5. The molecule has 0 saturated carbocycles. The molecule has 0 fully saturated rings. The van der Waals surface area contributed by atoms with Gasteiger partial charge in [0.1, 0.15) is 5.75 Å². The van der Waals surface area contributed by atoms with Crippen molar-refractivity contribution in [3.8, 4) is 5.75 Å². The van der Waals surface area contributed by atoms with Gasteiger partial charge in [-0.25, -0.2) is 9.78 Å². The monoisotopic (exact) mass is 368 g/mol. The number of ether oxygens (including phenoxy) is 1. The number of amides is 1. The Kier molecular flexibility index (Phi) is 6.57. The second kappa shape index (κ2) is 8.65. The predicted molar refractivity (Wildman–Crippen MR) is 93.0 cm³/mol. The Morgan fingerprint density at radius 1 is 1.42 bits per heavy atom. The second-order valence-electron chi connectivity index (χ2n) is 5.09. The van der Waals surface area contributed by atoms with Crippen molar-refractivity contribution < 1.29 is 19.4 Å². The molecular weight excluding hydrogens is 352 g/mol. The topological polar surface area (TPSA) is 88.5 Å². The van der Waals surface area contributed by atoms with Crippen molar-refractivity contribution in [3.63, 3.8) is 0 Å². The summed E-state index contributed by atoms with van der Waals surface area (Å²) < 4.78 is 5.02. The SMILES string of the molecule is Cc1nc(CCCC(=O)Nc2ccc(OCC(=O)O)c(Cl)c2)cs1. The molecule has 0 aliphatic rings. The predicted octanol–water partition coefficient (Wildman–Crippen LogP) is 3.53. The van der Waals surface area contributed by atoms with E-state index in [1.807, 2.05) is 12.3 Å². The first kappa shape index (κ1) is 18.2. The lowest BCUT2D eigenvalue weighted by atomic mass is 10.2. The molecule has 128 valence electrons. The van der Waals surface area contributed by atoms with Crippen molar-refractivity contribution in [2.45, 2.75) is 26.2 Å². The fraction of sp³-hybridized carbons (Fsp3) is 0.312. The van der Waals surface area contributed by atoms with Gasteiger partial charge < -0.3 is 15.2 Å². The molecule has 0 spiro atoms. The van der Waals surface area contributed by atoms with Gasteiger partial charge in [-0.1, -0.05) is 11.6 Å². The number of hydrogen-bond acceptors (Lipinski definition) is 5. The van der Waals surface area contributed by atoms with Crippen molar-refractivity contribution in [1.82, 2.24) is 4.98 Å². The lowest BCUT2D eigenvalue weighted by molar-refractivity contribution is -0.139. The molecule has 1 heterocycles. The Bertz CT molecular complexity index is 733. The molecule has 0 radical (unpaired) electrons. The lowest BCUT2D eigenvalue weighted by Gasteiger charge is -2.09. The summed E-state index contributed by atoms with van der Waals surface area (Å²) in [6, 6.07) is 4.67. The number of aryl methyl sites for hydroxylation is 2. The maximum atomic E-state index is 11.9. The number of hydrogen-bond donors (Lipinski definition) is 2. The summed E-state index contributed by atoms with van der Waals surface area (Å²) in [5.41, 5.74) is 1.55. The van der Waals surface area contributed by atoms with E-state index in [9.17, 15) is 9.59 Å². The van der Waals surface area contributed by atoms with Crippen LogP contribution < -0.4 is 10.1 Å². The highest BCUT2D eigenvalue weighted by Gasteiger charge is 2.08. The van der Waals surface area contributed by atoms with Gasteiger partial charge in [0, 0.05) is 17.5 Å². The molecule has 0 atom stereocenters. The Morgan fingerprint density at radius 3 is 2.83 bits per heavy atom. The van der Waals surface area contributed by atoms with Gasteiger partial charge >= 0.3 is 5.97 Å². The van der Waals surface area contributed by atoms with Crippen LogP contribution in [0, 0.1) is 6.92 Å². The Morgan fingerprint density at radius 2 is 2.21 bits per heavy atom. The number of anilines is 1. The summed E-state index contributed by atoms with van der Waals surface area (Å²) in [6.07, 6.45) is 1.86. The smallest absolute Gasteiger partial charge is 0.341 e. The molecule has 0 saturated heterocycles. The highest BCUT2D eigenvalue weighted by molar-refractivity contribution is 7.09. The number of carboxylic acids is 1. The van der Waals surface area contributed by atoms with Crippen LogP contribution in [0.25, 0.3) is 0 Å². The van der Waals surface area contributed by atoms with Crippen LogP contribution in [0.1, 0.15) is 23.5 Å². The van der Waals surface area contributed by atoms with E-state index in [4.69, 9.17) is 21.4 Å². The number of carbonyl (C=O) groups is 2. The number of nitrogens with zero attached hydrogens (tertiary/aromatic N) is 1. The molecular formula is C16H17ClN2O4S. The number of nitrogens with one attached hydrogen (secondary N) is 1. The number of thiazole rings is 1. The van der Waals surface area contributed by atoms with Gasteiger partial charge in [-0.3, -0.25) is 4.79 Å². The standard InChI is InChI=1S/C16H17ClN2O4S/c1-10-18-12(9-24-10)3-2-4-15(20)19-11-5-6-14(13(17)7-11)23-8-16(21)22/h5-7,9H,2-4,8H2,1H3,(H,19,20)(H,21,22). The quantitative estimate of drug-likeness (QED) is 0.744. The van der Waals surface area contributed by atoms with Crippen LogP contribution in [-0.2, 0) is 16.0 Å². The highest BCUT2D eigenvalue weighted by atomic mass is 35.5. The summed E-state index contributed by atoms with van der Waals surface area (Å²) in [6.45, 7) is 1.48. The summed E-state index contributed by atoms with van der Waals surface area (Å²) in [5.74, 6) is -0.938. The molecule has 1 amide bonds. The van der Waals surface area contributed by atoms with Crippen LogP contribution in [-0.4, -0.2) is 28.6 Å². The number of halogens is 1. The first-order chi connectivity index (χ1) is 11.4. The largest absolute Gasteiger partial charge is 0.480 e. The molecule has 0 unspecified atom stereocenters. The average molecular weight is 369 g/mol. The van der Waals surface area contributed by atoms with E-state index in [0.29, 0.717) is 18.5 Å². The van der Waals surface area contributed by atoms with Crippen molar-refractivity contribution in [1.29, 1.82) is 0 Å². The molecule has 2 aromatic rings. The van der Waals surface area contributed by atoms with E-state index in [-0.39, 0.29) is 16.7 Å². The second-order valence-corrected chi connectivity index (χ2v) is 6.56. The minimum absolute atomic E-state index is 0.114. The molecule has 1 aromatic carbocycles. The molecule has 0 aliphatic heterocycles. The third kappa shape index (κ3) is 5.82. The van der Waals surface area contributed by atoms with Crippen LogP contribution >= 0.6 is 22.9 Å². The van der Waals surface area contributed by atoms with E-state index in [1.54, 1.807) is 17.4 Å². The third-order valence-corrected chi connectivity index (χ3v) is 4.19. The van der Waals surface area contributed by atoms with E-state index < -0.39 is 12.6 Å². The number of rotatable bonds is 8. The summed E-state index contributed by atoms with van der Waals surface area (Å²) in [4.78, 5) is 26.8. The van der Waals surface area contributed by atoms with Gasteiger partial charge in [-0.15, -0.1) is 11.3 Å². The molecule has 0 bridgehead atoms. The van der Waals surface area contributed by atoms with Crippen LogP contribution in [0.4, 0.5) is 5.69 Å². The minimum atomic E-state index is -1.08. The maximum absolute atomic E-state index is 11.9. The van der Waals surface area contributed by atoms with E-state index in [0.717, 1.165) is 17.1 Å². The minimum Gasteiger partial charge on any atom is -0.480 e. The van der Waals surface area contributed by atoms with E-state index in [2.05, 4.69) is 10.3 Å². The number of aromatic nitrogens is 1. The van der Waals surface area contributed by atoms with Crippen LogP contribution in [0.2, 0.25) is 5.02 Å². The van der Waals surface area contributed by atoms with Crippen LogP contribution in [0.5, 0.6) is 5.75 Å². The van der Waals surface area contributed by atoms with Gasteiger partial charge in [0.15, 0.2) is 6.61 Å². The molecule has 24 heavy (non-hydrogen) atoms. The van der Waals surface area contributed by atoms with Crippen molar-refractivity contribution in [2.75, 3.05) is 11.9 Å². The molecule has 2 N–H and O–H groups in total. The zero-order valence-electron chi connectivity index (χ0n) is 13.0. The van der Waals surface area contributed by atoms with Gasteiger partial charge in [-0.2, -0.15) is 0 Å². The first-order valence-corrected chi connectivity index (χ1v) is 8.55. The van der Waals surface area contributed by atoms with Gasteiger partial charge in [0.05, 0.1) is 15.7 Å². The van der Waals surface area contributed by atoms with Gasteiger partial charge in [-0.05, 0) is 38.0 Å². The Balaban J connectivity index is 1.80. The summed E-state index contributed by atoms with van der Waals surface area (Å²) in [7, 11) is 0. The maximum Gasteiger partial charge on any atom is 0.341 e. The van der Waals surface area contributed by atoms with Crippen molar-refractivity contribution in [3.05, 3.63) is 39.3 Å². The Hall–Kier alpha value is -2.12. The van der Waals surface area contributed by atoms with Gasteiger partial charge in [0.25, 0.3) is 0 Å². The highest BCUT2D eigenvalue weighted by Crippen LogP contribution is 2.27. The van der Waals surface area contributed by atoms with Crippen LogP contribution in [0.15, 0.2) is 23.6 Å². The summed E-state index contributed by atoms with van der Waals surface area (Å²) in [5, 5.41) is 14.6. The van der Waals surface area contributed by atoms with Crippen molar-refractivity contribution >= 4 is 40.5 Å². The normalized spacial score (nSPS) is 10.4. The zero-order valence-corrected chi connectivity index (χ0v) is 14.6. The van der Waals surface area contributed by atoms with Gasteiger partial charge in [0.2, 0.25) is 5.91 Å². The molecule has 6 nitrogen and oxygen atoms in total. The lowest BCUT2D eigenvalue weighted by Crippen LogP contribution is -2.12. The van der Waals surface area contributed by atoms with Crippen molar-refractivity contribution in [2.24, 2.45) is 0 Å². The number of carboxylic acid groups (broad SMARTS) is 1. The van der Waals surface area contributed by atoms with E-state index >= 15 is 0 Å². The Labute approximate surface area is 148 Å². The molecule has 8 heteroatoms. The van der Waals surface area contributed by atoms with Crippen LogP contribution in [0.3, 0.4) is 0 Å². The third-order valence-electron chi connectivity index (χ3n) is 3.07. The summed E-state index contributed by atoms with van der Waals surface area (Å²) >= 11 is 7.61. The molecule has 2 rings (SSSR count). The first-order valence-electron chi connectivity index (χ1n) is 7.29. The number of carbonyl (C=O) groups excluding carboxylic acids is 1. The fourth-order valence-electron chi connectivity index (χ4n) is 2.01. The number of aliphatic carboxylic acids is 1. The molecule has 1 aromatic heterocycles. The molecule has 0 aliphatic carbocycles. The van der Waals surface area contributed by atoms with E-state index in [1.165, 1.54) is 12.1 Å². The fourth-order valence-corrected chi connectivity index (χ4v) is 2.89.